The molecule has 2 amide bonds. The number of methoxy groups -OCH3 is 1. The first-order valence-corrected chi connectivity index (χ1v) is 18.0. The number of rotatable bonds is 11. The zero-order valence-electron chi connectivity index (χ0n) is 28.3. The first-order valence-electron chi connectivity index (χ1n) is 18.0. The summed E-state index contributed by atoms with van der Waals surface area (Å²) in [5.74, 6) is 3.89. The van der Waals surface area contributed by atoms with E-state index in [4.69, 9.17) is 24.1 Å². The number of ether oxygens (including phenoxy) is 1. The molecule has 0 spiro atoms. The van der Waals surface area contributed by atoms with Crippen LogP contribution in [0.3, 0.4) is 0 Å². The summed E-state index contributed by atoms with van der Waals surface area (Å²) in [5.41, 5.74) is 3.74. The number of aliphatic hydroxyl groups is 1. The quantitative estimate of drug-likeness (QED) is 0.240. The second-order valence-corrected chi connectivity index (χ2v) is 14.7. The molecular formula is C38H49N5O5. The van der Waals surface area contributed by atoms with Gasteiger partial charge >= 0.3 is 0 Å². The Morgan fingerprint density at radius 2 is 1.69 bits per heavy atom. The lowest BCUT2D eigenvalue weighted by Crippen LogP contribution is -2.47. The second-order valence-electron chi connectivity index (χ2n) is 14.7. The number of aromatic nitrogens is 3. The zero-order valence-corrected chi connectivity index (χ0v) is 28.3. The van der Waals surface area contributed by atoms with E-state index in [0.717, 1.165) is 98.5 Å². The third-order valence-corrected chi connectivity index (χ3v) is 11.2. The highest BCUT2D eigenvalue weighted by Gasteiger charge is 2.35. The Labute approximate surface area is 283 Å². The molecule has 0 atom stereocenters. The minimum absolute atomic E-state index is 0.0672. The van der Waals surface area contributed by atoms with E-state index in [1.165, 1.54) is 0 Å². The molecule has 2 N–H and O–H groups in total. The Balaban J connectivity index is 1.02. The predicted octanol–water partition coefficient (Wildman–Crippen LogP) is 6.47. The zero-order chi connectivity index (χ0) is 33.2. The minimum Gasteiger partial charge on any atom is -0.495 e. The van der Waals surface area contributed by atoms with Gasteiger partial charge in [-0.3, -0.25) is 19.5 Å². The smallest absolute Gasteiger partial charge is 0.231 e. The van der Waals surface area contributed by atoms with Crippen LogP contribution in [0.5, 0.6) is 5.75 Å². The normalized spacial score (nSPS) is 27.1. The van der Waals surface area contributed by atoms with Crippen molar-refractivity contribution in [3.05, 3.63) is 54.0 Å². The number of amides is 2. The van der Waals surface area contributed by atoms with Crippen molar-refractivity contribution in [2.45, 2.75) is 114 Å². The molecule has 0 bridgehead atoms. The second kappa shape index (κ2) is 14.4. The minimum atomic E-state index is -0.282. The van der Waals surface area contributed by atoms with E-state index in [1.54, 1.807) is 19.6 Å². The van der Waals surface area contributed by atoms with Crippen molar-refractivity contribution in [2.24, 2.45) is 17.8 Å². The van der Waals surface area contributed by atoms with Crippen LogP contribution in [-0.4, -0.2) is 57.7 Å². The molecule has 7 rings (SSSR count). The highest BCUT2D eigenvalue weighted by Crippen LogP contribution is 2.41. The topological polar surface area (TPSA) is 131 Å². The highest BCUT2D eigenvalue weighted by atomic mass is 16.5. The molecule has 0 aromatic carbocycles. The van der Waals surface area contributed by atoms with Gasteiger partial charge in [0.25, 0.3) is 0 Å². The number of nitrogens with zero attached hydrogens (tertiary/aromatic N) is 4. The number of hydrogen-bond acceptors (Lipinski definition) is 8. The monoisotopic (exact) mass is 655 g/mol. The van der Waals surface area contributed by atoms with E-state index < -0.39 is 0 Å². The van der Waals surface area contributed by atoms with Crippen LogP contribution in [0.2, 0.25) is 0 Å². The van der Waals surface area contributed by atoms with Crippen LogP contribution in [0, 0.1) is 24.7 Å². The molecule has 0 unspecified atom stereocenters. The summed E-state index contributed by atoms with van der Waals surface area (Å²) >= 11 is 0. The third-order valence-electron chi connectivity index (χ3n) is 11.2. The molecule has 256 valence electrons. The van der Waals surface area contributed by atoms with Crippen molar-refractivity contribution in [2.75, 3.05) is 18.6 Å². The van der Waals surface area contributed by atoms with Crippen molar-refractivity contribution in [3.8, 4) is 17.0 Å². The molecule has 3 aromatic rings. The average molecular weight is 656 g/mol. The van der Waals surface area contributed by atoms with E-state index in [1.807, 2.05) is 30.0 Å². The molecular weight excluding hydrogens is 606 g/mol. The highest BCUT2D eigenvalue weighted by molar-refractivity contribution is 5.94. The Morgan fingerprint density at radius 1 is 0.958 bits per heavy atom. The maximum Gasteiger partial charge on any atom is 0.231 e. The van der Waals surface area contributed by atoms with Gasteiger partial charge in [0.1, 0.15) is 23.5 Å². The van der Waals surface area contributed by atoms with E-state index in [2.05, 4.69) is 11.4 Å². The molecule has 0 aliphatic heterocycles. The van der Waals surface area contributed by atoms with Gasteiger partial charge in [0.05, 0.1) is 18.9 Å². The fourth-order valence-corrected chi connectivity index (χ4v) is 7.96. The van der Waals surface area contributed by atoms with Gasteiger partial charge in [0.2, 0.25) is 11.8 Å². The fraction of sp³-hybridized carbons (Fsp3) is 0.605. The number of oxazole rings is 1. The molecule has 4 saturated carbocycles. The number of aryl methyl sites for hydroxylation is 1. The Bertz CT molecular complexity index is 1580. The van der Waals surface area contributed by atoms with Gasteiger partial charge in [0.15, 0.2) is 5.89 Å². The average Bonchev–Trinajstić information content (AvgIpc) is 3.82. The number of pyridine rings is 2. The van der Waals surface area contributed by atoms with Gasteiger partial charge in [-0.2, -0.15) is 0 Å². The molecule has 48 heavy (non-hydrogen) atoms. The summed E-state index contributed by atoms with van der Waals surface area (Å²) in [6, 6.07) is 8.15. The number of nitrogens with one attached hydrogen (secondary N) is 1. The van der Waals surface area contributed by atoms with Crippen LogP contribution in [0.1, 0.15) is 113 Å². The molecule has 4 aliphatic rings. The van der Waals surface area contributed by atoms with Crippen LogP contribution < -0.4 is 15.0 Å². The van der Waals surface area contributed by atoms with E-state index in [-0.39, 0.29) is 35.8 Å². The number of hydrogen-bond donors (Lipinski definition) is 2. The summed E-state index contributed by atoms with van der Waals surface area (Å²) in [5, 5.41) is 12.6. The number of anilines is 1. The van der Waals surface area contributed by atoms with Crippen LogP contribution in [-0.2, 0) is 9.59 Å². The summed E-state index contributed by atoms with van der Waals surface area (Å²) in [4.78, 5) is 43.3. The van der Waals surface area contributed by atoms with Gasteiger partial charge in [0, 0.05) is 54.2 Å². The molecule has 4 aliphatic carbocycles. The molecule has 4 fully saturated rings. The van der Waals surface area contributed by atoms with Gasteiger partial charge < -0.3 is 19.6 Å². The van der Waals surface area contributed by atoms with Gasteiger partial charge in [-0.1, -0.05) is 0 Å². The van der Waals surface area contributed by atoms with Crippen molar-refractivity contribution < 1.29 is 23.8 Å². The lowest BCUT2D eigenvalue weighted by atomic mass is 9.78. The van der Waals surface area contributed by atoms with Crippen molar-refractivity contribution in [1.82, 2.24) is 20.3 Å². The molecule has 0 saturated heterocycles. The van der Waals surface area contributed by atoms with Gasteiger partial charge in [-0.05, 0) is 120 Å². The Morgan fingerprint density at radius 3 is 2.38 bits per heavy atom. The van der Waals surface area contributed by atoms with Gasteiger partial charge in [-0.15, -0.1) is 0 Å². The maximum atomic E-state index is 14.4. The van der Waals surface area contributed by atoms with Crippen molar-refractivity contribution >= 4 is 17.6 Å². The van der Waals surface area contributed by atoms with Crippen molar-refractivity contribution in [3.63, 3.8) is 0 Å². The molecule has 0 radical (unpaired) electrons. The predicted molar refractivity (Wildman–Crippen MR) is 182 cm³/mol. The lowest BCUT2D eigenvalue weighted by molar-refractivity contribution is -0.125. The standard InChI is InChI=1S/C38H49N5O5/c1-23-34(47-2)14-13-32(40-23)26-7-5-25(6-8-26)21-43(35-18-29(15-16-39-35)33-22-48-37(42-33)27-11-12-27)38(46)28-9-3-24(4-10-28)17-36(45)41-30-19-31(44)20-30/h13-16,18,22,24-28,30-31,44H,3-12,17,19-21H2,1-2H3,(H,41,45). The lowest BCUT2D eigenvalue weighted by Gasteiger charge is -2.36. The number of carbonyl (C=O) groups is 2. The molecule has 3 aromatic heterocycles. The first-order chi connectivity index (χ1) is 23.3. The third kappa shape index (κ3) is 7.59. The van der Waals surface area contributed by atoms with Crippen LogP contribution in [0.4, 0.5) is 5.82 Å². The summed E-state index contributed by atoms with van der Waals surface area (Å²) in [7, 11) is 1.68. The van der Waals surface area contributed by atoms with E-state index >= 15 is 0 Å². The Hall–Kier alpha value is -3.79. The van der Waals surface area contributed by atoms with Crippen molar-refractivity contribution in [1.29, 1.82) is 0 Å². The van der Waals surface area contributed by atoms with Crippen LogP contribution in [0.15, 0.2) is 41.1 Å². The summed E-state index contributed by atoms with van der Waals surface area (Å²) in [6.45, 7) is 2.63. The fourth-order valence-electron chi connectivity index (χ4n) is 7.96. The van der Waals surface area contributed by atoms with Gasteiger partial charge in [-0.25, -0.2) is 9.97 Å². The van der Waals surface area contributed by atoms with Crippen LogP contribution in [0.25, 0.3) is 11.3 Å². The van der Waals surface area contributed by atoms with E-state index in [9.17, 15) is 14.7 Å². The summed E-state index contributed by atoms with van der Waals surface area (Å²) < 4.78 is 11.2. The SMILES string of the molecule is COc1ccc(C2CCC(CN(C(=O)C3CCC(CC(=O)NC4CC(O)C4)CC3)c3cc(-c4coc(C5CC5)n4)ccn3)CC2)nc1C. The summed E-state index contributed by atoms with van der Waals surface area (Å²) in [6.07, 6.45) is 14.7. The largest absolute Gasteiger partial charge is 0.495 e. The van der Waals surface area contributed by atoms with Crippen LogP contribution >= 0.6 is 0 Å². The molecule has 3 heterocycles. The maximum absolute atomic E-state index is 14.4. The molecule has 10 nitrogen and oxygen atoms in total. The number of carbonyl (C=O) groups excluding carboxylic acids is 2. The molecule has 10 heteroatoms. The Kier molecular flexibility index (Phi) is 9.80. The van der Waals surface area contributed by atoms with E-state index in [0.29, 0.717) is 49.4 Å². The number of aliphatic hydroxyl groups excluding tert-OH is 1. The first kappa shape index (κ1) is 32.7.